The molecule has 0 aliphatic carbocycles. The zero-order chi connectivity index (χ0) is 20.7. The van der Waals surface area contributed by atoms with E-state index in [0.717, 1.165) is 53.0 Å². The van der Waals surface area contributed by atoms with Crippen LogP contribution >= 0.6 is 11.8 Å². The van der Waals surface area contributed by atoms with Crippen LogP contribution in [-0.2, 0) is 17.4 Å². The molecule has 6 heteroatoms. The van der Waals surface area contributed by atoms with Gasteiger partial charge in [0, 0.05) is 29.3 Å². The summed E-state index contributed by atoms with van der Waals surface area (Å²) in [5.41, 5.74) is 0.724. The maximum Gasteiger partial charge on any atom is 0.416 e. The van der Waals surface area contributed by atoms with Crippen LogP contribution < -0.4 is 0 Å². The van der Waals surface area contributed by atoms with E-state index in [1.165, 1.54) is 6.07 Å². The third kappa shape index (κ3) is 6.32. The molecule has 3 rings (SSSR count). The second-order valence-corrected chi connectivity index (χ2v) is 8.04. The number of benzene rings is 2. The lowest BCUT2D eigenvalue weighted by molar-refractivity contribution is -0.137. The summed E-state index contributed by atoms with van der Waals surface area (Å²) in [5, 5.41) is 0.739. The van der Waals surface area contributed by atoms with Crippen molar-refractivity contribution in [1.29, 1.82) is 0 Å². The number of hydrogen-bond acceptors (Lipinski definition) is 3. The summed E-state index contributed by atoms with van der Waals surface area (Å²) in [6.45, 7) is 0. The normalized spacial score (nSPS) is 11.7. The van der Waals surface area contributed by atoms with Crippen LogP contribution in [0.3, 0.4) is 0 Å². The fourth-order valence-corrected chi connectivity index (χ4v) is 4.17. The molecule has 3 aromatic rings. The van der Waals surface area contributed by atoms with Gasteiger partial charge in [-0.15, -0.1) is 11.8 Å². The zero-order valence-corrected chi connectivity index (χ0v) is 16.7. The number of carbonyl (C=O) groups is 1. The molecule has 152 valence electrons. The number of nitrogens with zero attached hydrogens (tertiary/aromatic N) is 1. The van der Waals surface area contributed by atoms with Crippen LogP contribution in [0.2, 0.25) is 0 Å². The first-order valence-corrected chi connectivity index (χ1v) is 10.6. The summed E-state index contributed by atoms with van der Waals surface area (Å²) in [6.07, 6.45) is 1.02. The lowest BCUT2D eigenvalue weighted by atomic mass is 10.0. The topological polar surface area (TPSA) is 30.0 Å². The maximum atomic E-state index is 12.9. The van der Waals surface area contributed by atoms with E-state index in [1.807, 2.05) is 36.4 Å². The third-order valence-electron chi connectivity index (χ3n) is 4.63. The number of Topliss-reactive ketones (excluding diaryl/α,β-unsaturated/α-hetero) is 1. The summed E-state index contributed by atoms with van der Waals surface area (Å²) in [6, 6.07) is 15.3. The predicted molar refractivity (Wildman–Crippen MR) is 111 cm³/mol. The number of carbonyl (C=O) groups excluding carboxylic acids is 1. The zero-order valence-electron chi connectivity index (χ0n) is 15.9. The van der Waals surface area contributed by atoms with Crippen molar-refractivity contribution in [3.05, 3.63) is 71.9 Å². The lowest BCUT2D eigenvalue weighted by Crippen LogP contribution is -2.04. The molecular formula is C23H22F3NOS. The van der Waals surface area contributed by atoms with Gasteiger partial charge in [-0.3, -0.25) is 9.78 Å². The van der Waals surface area contributed by atoms with E-state index in [1.54, 1.807) is 18.0 Å². The Morgan fingerprint density at radius 3 is 2.52 bits per heavy atom. The number of pyridine rings is 1. The van der Waals surface area contributed by atoms with Crippen molar-refractivity contribution in [2.45, 2.75) is 43.2 Å². The average molecular weight is 417 g/mol. The molecule has 0 atom stereocenters. The number of aromatic nitrogens is 1. The molecule has 0 unspecified atom stereocenters. The number of hydrogen-bond donors (Lipinski definition) is 0. The Morgan fingerprint density at radius 1 is 0.966 bits per heavy atom. The highest BCUT2D eigenvalue weighted by Crippen LogP contribution is 2.33. The van der Waals surface area contributed by atoms with Crippen molar-refractivity contribution in [1.82, 2.24) is 4.98 Å². The molecule has 1 heterocycles. The number of halogens is 3. The first-order valence-electron chi connectivity index (χ1n) is 9.58. The highest BCUT2D eigenvalue weighted by atomic mass is 32.2. The first kappa shape index (κ1) is 21.4. The summed E-state index contributed by atoms with van der Waals surface area (Å²) < 4.78 is 38.6. The highest BCUT2D eigenvalue weighted by Gasteiger charge is 2.30. The Balaban J connectivity index is 1.43. The van der Waals surface area contributed by atoms with Crippen molar-refractivity contribution < 1.29 is 18.0 Å². The molecule has 0 radical (unpaired) electrons. The Kier molecular flexibility index (Phi) is 7.31. The van der Waals surface area contributed by atoms with Gasteiger partial charge in [0.05, 0.1) is 11.1 Å². The van der Waals surface area contributed by atoms with Gasteiger partial charge >= 0.3 is 6.18 Å². The molecule has 0 spiro atoms. The Morgan fingerprint density at radius 2 is 1.76 bits per heavy atom. The van der Waals surface area contributed by atoms with Gasteiger partial charge in [0.2, 0.25) is 0 Å². The van der Waals surface area contributed by atoms with E-state index in [2.05, 4.69) is 4.98 Å². The van der Waals surface area contributed by atoms with Crippen LogP contribution in [0.1, 0.15) is 36.8 Å². The quantitative estimate of drug-likeness (QED) is 0.286. The molecule has 0 bridgehead atoms. The Bertz CT molecular complexity index is 957. The smallest absolute Gasteiger partial charge is 0.299 e. The lowest BCUT2D eigenvalue weighted by Gasteiger charge is -2.10. The van der Waals surface area contributed by atoms with Crippen molar-refractivity contribution in [2.24, 2.45) is 0 Å². The van der Waals surface area contributed by atoms with E-state index in [-0.39, 0.29) is 5.78 Å². The molecule has 0 N–H and O–H groups in total. The molecule has 2 aromatic carbocycles. The van der Waals surface area contributed by atoms with Gasteiger partial charge in [-0.05, 0) is 42.4 Å². The van der Waals surface area contributed by atoms with Gasteiger partial charge in [0.1, 0.15) is 5.78 Å². The molecule has 1 aromatic heterocycles. The number of rotatable bonds is 9. The predicted octanol–water partition coefficient (Wildman–Crippen LogP) is 6.72. The summed E-state index contributed by atoms with van der Waals surface area (Å²) in [7, 11) is 0. The molecule has 0 aliphatic heterocycles. The van der Waals surface area contributed by atoms with Crippen LogP contribution in [0, 0.1) is 0 Å². The number of alkyl halides is 3. The molecule has 0 fully saturated rings. The Labute approximate surface area is 172 Å². The molecule has 2 nitrogen and oxygen atoms in total. The summed E-state index contributed by atoms with van der Waals surface area (Å²) in [4.78, 5) is 17.0. The van der Waals surface area contributed by atoms with E-state index in [0.29, 0.717) is 18.4 Å². The molecule has 0 amide bonds. The van der Waals surface area contributed by atoms with Gasteiger partial charge in [0.25, 0.3) is 0 Å². The molecule has 0 saturated heterocycles. The largest absolute Gasteiger partial charge is 0.416 e. The van der Waals surface area contributed by atoms with Crippen LogP contribution in [0.25, 0.3) is 10.9 Å². The fraction of sp³-hybridized carbons (Fsp3) is 0.304. The van der Waals surface area contributed by atoms with Crippen LogP contribution in [-0.4, -0.2) is 16.5 Å². The van der Waals surface area contributed by atoms with E-state index in [9.17, 15) is 18.0 Å². The van der Waals surface area contributed by atoms with E-state index in [4.69, 9.17) is 0 Å². The number of unbranched alkanes of at least 4 members (excludes halogenated alkanes) is 2. The molecule has 0 saturated carbocycles. The number of thioether (sulfide) groups is 1. The minimum absolute atomic E-state index is 0.254. The molecule has 29 heavy (non-hydrogen) atoms. The van der Waals surface area contributed by atoms with Gasteiger partial charge in [-0.1, -0.05) is 42.8 Å². The Hall–Kier alpha value is -2.34. The minimum atomic E-state index is -4.36. The average Bonchev–Trinajstić information content (AvgIpc) is 2.70. The number of ketones is 1. The summed E-state index contributed by atoms with van der Waals surface area (Å²) >= 11 is 1.62. The van der Waals surface area contributed by atoms with E-state index >= 15 is 0 Å². The van der Waals surface area contributed by atoms with E-state index < -0.39 is 11.7 Å². The SMILES string of the molecule is O=C(CCCCCSc1ccnc2cc(C(F)(F)F)ccc12)Cc1ccccc1. The van der Waals surface area contributed by atoms with Crippen LogP contribution in [0.5, 0.6) is 0 Å². The van der Waals surface area contributed by atoms with Crippen molar-refractivity contribution in [2.75, 3.05) is 5.75 Å². The standard InChI is InChI=1S/C23H22F3NOS/c24-23(25,26)18-10-11-20-21(16-18)27-13-12-22(20)29-14-6-2-5-9-19(28)15-17-7-3-1-4-8-17/h1,3-4,7-8,10-13,16H,2,5-6,9,14-15H2. The van der Waals surface area contributed by atoms with Gasteiger partial charge in [-0.25, -0.2) is 0 Å². The highest BCUT2D eigenvalue weighted by molar-refractivity contribution is 7.99. The second-order valence-electron chi connectivity index (χ2n) is 6.90. The third-order valence-corrected chi connectivity index (χ3v) is 5.79. The maximum absolute atomic E-state index is 12.9. The van der Waals surface area contributed by atoms with Crippen molar-refractivity contribution in [3.8, 4) is 0 Å². The molecular weight excluding hydrogens is 395 g/mol. The number of fused-ring (bicyclic) bond motifs is 1. The van der Waals surface area contributed by atoms with Crippen LogP contribution in [0.4, 0.5) is 13.2 Å². The first-order chi connectivity index (χ1) is 13.9. The molecule has 0 aliphatic rings. The minimum Gasteiger partial charge on any atom is -0.299 e. The van der Waals surface area contributed by atoms with Crippen molar-refractivity contribution >= 4 is 28.4 Å². The van der Waals surface area contributed by atoms with Gasteiger partial charge in [-0.2, -0.15) is 13.2 Å². The second kappa shape index (κ2) is 9.92. The summed E-state index contributed by atoms with van der Waals surface area (Å²) in [5.74, 6) is 1.11. The monoisotopic (exact) mass is 417 g/mol. The fourth-order valence-electron chi connectivity index (χ4n) is 3.12. The van der Waals surface area contributed by atoms with Gasteiger partial charge < -0.3 is 0 Å². The van der Waals surface area contributed by atoms with Gasteiger partial charge in [0.15, 0.2) is 0 Å². The van der Waals surface area contributed by atoms with Crippen molar-refractivity contribution in [3.63, 3.8) is 0 Å². The van der Waals surface area contributed by atoms with Crippen LogP contribution in [0.15, 0.2) is 65.7 Å².